The maximum Gasteiger partial charge on any atom is 0.273 e. The number of nitrogens with two attached hydrogens (primary N) is 1. The van der Waals surface area contributed by atoms with Crippen molar-refractivity contribution in [1.82, 2.24) is 19.8 Å². The molecule has 4 heterocycles. The number of likely N-dealkylation sites (tertiary alicyclic amines) is 1. The summed E-state index contributed by atoms with van der Waals surface area (Å²) in [6.45, 7) is 7.21. The zero-order valence-corrected chi connectivity index (χ0v) is 19.4. The second kappa shape index (κ2) is 9.40. The zero-order chi connectivity index (χ0) is 24.6. The number of β-amino-alcohol motifs (C(OH)–C–C–N with tert-alkyl or cyclic N) is 1. The van der Waals surface area contributed by atoms with Crippen LogP contribution in [0.2, 0.25) is 0 Å². The Balaban J connectivity index is 1.18. The molecule has 1 aromatic heterocycles. The summed E-state index contributed by atoms with van der Waals surface area (Å²) < 4.78 is 27.1. The number of rotatable bonds is 6. The molecule has 186 valence electrons. The summed E-state index contributed by atoms with van der Waals surface area (Å²) in [4.78, 5) is 18.6. The van der Waals surface area contributed by atoms with E-state index in [1.165, 1.54) is 22.9 Å². The standard InChI is InChI=1S/C24H29FN6O4/c1-15(10-19-23(29-26)35-9-8-34-19)11-27-16-4-6-30(7-5-16)13-24(33)14-31-20(32)12-28-18-3-2-17(25)21(24)22(18)31/h2-3,10,12,16,27,33H,1,4-9,11,13-14,26H2/b19-10+,29-23+. The maximum atomic E-state index is 14.8. The van der Waals surface area contributed by atoms with Crippen molar-refractivity contribution in [1.29, 1.82) is 0 Å². The van der Waals surface area contributed by atoms with E-state index < -0.39 is 11.4 Å². The third kappa shape index (κ3) is 4.54. The number of hydrogen-bond donors (Lipinski definition) is 3. The minimum atomic E-state index is -1.48. The summed E-state index contributed by atoms with van der Waals surface area (Å²) >= 11 is 0. The molecule has 2 saturated heterocycles. The summed E-state index contributed by atoms with van der Waals surface area (Å²) in [6.07, 6.45) is 4.70. The molecule has 0 amide bonds. The highest BCUT2D eigenvalue weighted by Crippen LogP contribution is 2.38. The molecule has 11 heteroatoms. The molecule has 0 spiro atoms. The molecule has 5 rings (SSSR count). The Morgan fingerprint density at radius 3 is 2.91 bits per heavy atom. The van der Waals surface area contributed by atoms with Gasteiger partial charge in [-0.1, -0.05) is 6.58 Å². The van der Waals surface area contributed by atoms with Gasteiger partial charge in [-0.25, -0.2) is 9.37 Å². The predicted octanol–water partition coefficient (Wildman–Crippen LogP) is 0.550. The Morgan fingerprint density at radius 2 is 2.14 bits per heavy atom. The normalized spacial score (nSPS) is 25.2. The highest BCUT2D eigenvalue weighted by molar-refractivity contribution is 5.92. The van der Waals surface area contributed by atoms with E-state index in [1.54, 1.807) is 6.08 Å². The first-order valence-electron chi connectivity index (χ1n) is 11.7. The Labute approximate surface area is 201 Å². The Kier molecular flexibility index (Phi) is 6.30. The van der Waals surface area contributed by atoms with E-state index >= 15 is 0 Å². The number of nitrogens with one attached hydrogen (secondary N) is 1. The van der Waals surface area contributed by atoms with Crippen LogP contribution in [-0.2, 0) is 21.6 Å². The average Bonchev–Trinajstić information content (AvgIpc) is 3.17. The van der Waals surface area contributed by atoms with Gasteiger partial charge in [0.05, 0.1) is 23.8 Å². The number of hydrazone groups is 1. The van der Waals surface area contributed by atoms with Crippen LogP contribution < -0.4 is 16.7 Å². The lowest BCUT2D eigenvalue weighted by molar-refractivity contribution is -0.0158. The van der Waals surface area contributed by atoms with Crippen LogP contribution in [0.25, 0.3) is 11.0 Å². The zero-order valence-electron chi connectivity index (χ0n) is 19.4. The van der Waals surface area contributed by atoms with E-state index in [1.807, 2.05) is 0 Å². The molecule has 0 bridgehead atoms. The van der Waals surface area contributed by atoms with Crippen molar-refractivity contribution in [2.75, 3.05) is 39.4 Å². The van der Waals surface area contributed by atoms with E-state index in [0.29, 0.717) is 36.6 Å². The van der Waals surface area contributed by atoms with Crippen molar-refractivity contribution < 1.29 is 19.0 Å². The lowest BCUT2D eigenvalue weighted by Gasteiger charge is -2.37. The van der Waals surface area contributed by atoms with Gasteiger partial charge in [0.15, 0.2) is 5.76 Å². The third-order valence-electron chi connectivity index (χ3n) is 6.77. The summed E-state index contributed by atoms with van der Waals surface area (Å²) in [7, 11) is 0. The minimum absolute atomic E-state index is 0.0215. The van der Waals surface area contributed by atoms with Gasteiger partial charge in [-0.15, -0.1) is 5.10 Å². The van der Waals surface area contributed by atoms with Crippen LogP contribution in [0.1, 0.15) is 18.4 Å². The van der Waals surface area contributed by atoms with Gasteiger partial charge in [0.2, 0.25) is 0 Å². The van der Waals surface area contributed by atoms with Crippen molar-refractivity contribution in [2.24, 2.45) is 10.9 Å². The van der Waals surface area contributed by atoms with Gasteiger partial charge in [-0.2, -0.15) is 0 Å². The SMILES string of the molecule is C=C(/C=C1/OCCO/C1=N/N)CNC1CCN(CC2(O)Cn3c(=O)cnc4ccc(F)c2c43)CC1. The number of halogens is 1. The molecule has 4 N–H and O–H groups in total. The van der Waals surface area contributed by atoms with Gasteiger partial charge in [0, 0.05) is 24.7 Å². The van der Waals surface area contributed by atoms with Gasteiger partial charge in [-0.3, -0.25) is 9.69 Å². The van der Waals surface area contributed by atoms with E-state index in [2.05, 4.69) is 26.9 Å². The number of ether oxygens (including phenoxy) is 2. The summed E-state index contributed by atoms with van der Waals surface area (Å²) in [5.74, 6) is 5.56. The quantitative estimate of drug-likeness (QED) is 0.401. The molecule has 0 radical (unpaired) electrons. The molecule has 3 aliphatic heterocycles. The molecule has 0 saturated carbocycles. The number of benzene rings is 1. The van der Waals surface area contributed by atoms with Gasteiger partial charge < -0.3 is 30.3 Å². The van der Waals surface area contributed by atoms with Crippen LogP contribution in [0.15, 0.2) is 52.2 Å². The monoisotopic (exact) mass is 484 g/mol. The smallest absolute Gasteiger partial charge is 0.273 e. The van der Waals surface area contributed by atoms with Crippen LogP contribution in [0.4, 0.5) is 4.39 Å². The van der Waals surface area contributed by atoms with Crippen LogP contribution in [0, 0.1) is 5.82 Å². The van der Waals surface area contributed by atoms with Gasteiger partial charge in [0.1, 0.15) is 24.6 Å². The van der Waals surface area contributed by atoms with E-state index in [0.717, 1.165) is 31.5 Å². The minimum Gasteiger partial charge on any atom is -0.484 e. The molecule has 2 aromatic rings. The fourth-order valence-corrected chi connectivity index (χ4v) is 5.11. The molecule has 10 nitrogen and oxygen atoms in total. The molecule has 2 fully saturated rings. The summed E-state index contributed by atoms with van der Waals surface area (Å²) in [5, 5.41) is 18.6. The number of aromatic nitrogens is 2. The highest BCUT2D eigenvalue weighted by Gasteiger charge is 2.43. The number of nitrogens with zero attached hydrogens (tertiary/aromatic N) is 4. The molecule has 35 heavy (non-hydrogen) atoms. The molecule has 1 unspecified atom stereocenters. The highest BCUT2D eigenvalue weighted by atomic mass is 19.1. The van der Waals surface area contributed by atoms with Crippen LogP contribution in [0.5, 0.6) is 0 Å². The number of piperidine rings is 1. The molecular formula is C24H29FN6O4. The molecular weight excluding hydrogens is 455 g/mol. The van der Waals surface area contributed by atoms with E-state index in [9.17, 15) is 14.3 Å². The van der Waals surface area contributed by atoms with Crippen molar-refractivity contribution in [3.8, 4) is 0 Å². The van der Waals surface area contributed by atoms with Crippen molar-refractivity contribution in [2.45, 2.75) is 31.0 Å². The predicted molar refractivity (Wildman–Crippen MR) is 128 cm³/mol. The Hall–Kier alpha value is -3.28. The number of aliphatic hydroxyl groups is 1. The van der Waals surface area contributed by atoms with Crippen LogP contribution >= 0.6 is 0 Å². The maximum absolute atomic E-state index is 14.8. The topological polar surface area (TPSA) is 127 Å². The van der Waals surface area contributed by atoms with Crippen molar-refractivity contribution >= 4 is 16.9 Å². The van der Waals surface area contributed by atoms with Gasteiger partial charge in [-0.05, 0) is 49.7 Å². The van der Waals surface area contributed by atoms with Gasteiger partial charge in [0.25, 0.3) is 11.5 Å². The van der Waals surface area contributed by atoms with Crippen LogP contribution in [-0.4, -0.2) is 70.9 Å². The molecule has 1 atom stereocenters. The first-order chi connectivity index (χ1) is 16.9. The van der Waals surface area contributed by atoms with Crippen LogP contribution in [0.3, 0.4) is 0 Å². The van der Waals surface area contributed by atoms with Gasteiger partial charge >= 0.3 is 0 Å². The number of hydrogen-bond acceptors (Lipinski definition) is 9. The van der Waals surface area contributed by atoms with Crippen molar-refractivity contribution in [3.05, 3.63) is 64.1 Å². The fourth-order valence-electron chi connectivity index (χ4n) is 5.11. The van der Waals surface area contributed by atoms with E-state index in [4.69, 9.17) is 15.3 Å². The molecule has 1 aromatic carbocycles. The fraction of sp³-hybridized carbons (Fsp3) is 0.458. The van der Waals surface area contributed by atoms with Crippen molar-refractivity contribution in [3.63, 3.8) is 0 Å². The lowest BCUT2D eigenvalue weighted by atomic mass is 9.93. The average molecular weight is 485 g/mol. The largest absolute Gasteiger partial charge is 0.484 e. The lowest BCUT2D eigenvalue weighted by Crippen LogP contribution is -2.48. The second-order valence-electron chi connectivity index (χ2n) is 9.23. The first kappa shape index (κ1) is 23.5. The molecule has 0 aliphatic carbocycles. The van der Waals surface area contributed by atoms with E-state index in [-0.39, 0.29) is 36.2 Å². The Bertz CT molecular complexity index is 1270. The summed E-state index contributed by atoms with van der Waals surface area (Å²) in [5.41, 5.74) is 0.0517. The molecule has 3 aliphatic rings. The second-order valence-corrected chi connectivity index (χ2v) is 9.23. The summed E-state index contributed by atoms with van der Waals surface area (Å²) in [6, 6.07) is 3.12. The third-order valence-corrected chi connectivity index (χ3v) is 6.77. The first-order valence-corrected chi connectivity index (χ1v) is 11.7. The Morgan fingerprint density at radius 1 is 1.37 bits per heavy atom.